The Morgan fingerprint density at radius 2 is 2.04 bits per heavy atom. The number of imidazole rings is 1. The highest BCUT2D eigenvalue weighted by Gasteiger charge is 2.32. The number of benzene rings is 1. The monoisotopic (exact) mass is 321 g/mol. The molecule has 0 radical (unpaired) electrons. The zero-order chi connectivity index (χ0) is 16.5. The van der Waals surface area contributed by atoms with E-state index in [0.717, 1.165) is 29.9 Å². The van der Waals surface area contributed by atoms with Gasteiger partial charge in [-0.2, -0.15) is 5.10 Å². The average Bonchev–Trinajstić information content (AvgIpc) is 3.32. The molecule has 0 N–H and O–H groups in total. The predicted molar refractivity (Wildman–Crippen MR) is 90.3 cm³/mol. The number of likely N-dealkylation sites (N-methyl/N-ethyl adjacent to an activating group) is 1. The van der Waals surface area contributed by atoms with Crippen LogP contribution in [0.15, 0.2) is 55.1 Å². The van der Waals surface area contributed by atoms with Crippen LogP contribution in [0.25, 0.3) is 11.4 Å². The van der Waals surface area contributed by atoms with Gasteiger partial charge in [-0.05, 0) is 18.1 Å². The molecule has 122 valence electrons. The van der Waals surface area contributed by atoms with Crippen molar-refractivity contribution in [1.82, 2.24) is 24.2 Å². The van der Waals surface area contributed by atoms with Crippen LogP contribution in [0.2, 0.25) is 0 Å². The molecule has 24 heavy (non-hydrogen) atoms. The molecule has 1 amide bonds. The van der Waals surface area contributed by atoms with Gasteiger partial charge < -0.3 is 9.47 Å². The Kier molecular flexibility index (Phi) is 3.65. The number of amides is 1. The first-order valence-electron chi connectivity index (χ1n) is 8.07. The Balaban J connectivity index is 1.73. The van der Waals surface area contributed by atoms with Crippen LogP contribution in [0.1, 0.15) is 18.0 Å². The highest BCUT2D eigenvalue weighted by Crippen LogP contribution is 2.29. The Hall–Kier alpha value is -2.89. The average molecular weight is 321 g/mol. The van der Waals surface area contributed by atoms with Gasteiger partial charge in [0.25, 0.3) is 0 Å². The van der Waals surface area contributed by atoms with Crippen molar-refractivity contribution in [2.24, 2.45) is 0 Å². The quantitative estimate of drug-likeness (QED) is 0.740. The minimum atomic E-state index is -0.162. The van der Waals surface area contributed by atoms with Crippen LogP contribution in [-0.4, -0.2) is 43.7 Å². The summed E-state index contributed by atoms with van der Waals surface area (Å²) in [6, 6.07) is 9.91. The summed E-state index contributed by atoms with van der Waals surface area (Å²) in [7, 11) is 1.85. The van der Waals surface area contributed by atoms with Gasteiger partial charge in [0.2, 0.25) is 5.91 Å². The van der Waals surface area contributed by atoms with Gasteiger partial charge in [-0.25, -0.2) is 4.98 Å². The molecule has 1 unspecified atom stereocenters. The molecule has 6 nitrogen and oxygen atoms in total. The molecule has 3 heterocycles. The summed E-state index contributed by atoms with van der Waals surface area (Å²) in [5, 5.41) is 4.28. The molecule has 3 aromatic rings. The SMILES string of the molecule is CN1CCC(n2ccnc2-c2ccccc2Cn2cccn2)C1=O. The van der Waals surface area contributed by atoms with Crippen LogP contribution in [0.4, 0.5) is 0 Å². The molecule has 0 spiro atoms. The lowest BCUT2D eigenvalue weighted by Gasteiger charge is -2.16. The smallest absolute Gasteiger partial charge is 0.245 e. The number of hydrogen-bond donors (Lipinski definition) is 0. The van der Waals surface area contributed by atoms with Crippen LogP contribution in [-0.2, 0) is 11.3 Å². The first kappa shape index (κ1) is 14.7. The third-order valence-electron chi connectivity index (χ3n) is 4.55. The number of likely N-dealkylation sites (tertiary alicyclic amines) is 1. The summed E-state index contributed by atoms with van der Waals surface area (Å²) in [5.74, 6) is 0.991. The lowest BCUT2D eigenvalue weighted by atomic mass is 10.1. The first-order chi connectivity index (χ1) is 11.7. The van der Waals surface area contributed by atoms with Gasteiger partial charge in [0.05, 0.1) is 6.54 Å². The van der Waals surface area contributed by atoms with E-state index in [4.69, 9.17) is 0 Å². The van der Waals surface area contributed by atoms with Crippen LogP contribution < -0.4 is 0 Å². The molecule has 0 aliphatic carbocycles. The Bertz CT molecular complexity index is 852. The summed E-state index contributed by atoms with van der Waals surface area (Å²) in [6.07, 6.45) is 8.21. The minimum Gasteiger partial charge on any atom is -0.344 e. The molecule has 1 atom stereocenters. The molecule has 1 saturated heterocycles. The molecule has 0 bridgehead atoms. The van der Waals surface area contributed by atoms with E-state index in [9.17, 15) is 4.79 Å². The molecular formula is C18H19N5O. The molecule has 2 aromatic heterocycles. The van der Waals surface area contributed by atoms with Crippen molar-refractivity contribution in [3.63, 3.8) is 0 Å². The molecule has 6 heteroatoms. The van der Waals surface area contributed by atoms with Crippen molar-refractivity contribution in [3.05, 3.63) is 60.7 Å². The van der Waals surface area contributed by atoms with E-state index in [2.05, 4.69) is 22.2 Å². The maximum Gasteiger partial charge on any atom is 0.245 e. The Labute approximate surface area is 140 Å². The summed E-state index contributed by atoms with van der Waals surface area (Å²) in [6.45, 7) is 1.46. The fourth-order valence-electron chi connectivity index (χ4n) is 3.28. The number of rotatable bonds is 4. The van der Waals surface area contributed by atoms with E-state index in [1.807, 2.05) is 46.9 Å². The highest BCUT2D eigenvalue weighted by molar-refractivity contribution is 5.83. The molecule has 1 aromatic carbocycles. The zero-order valence-electron chi connectivity index (χ0n) is 13.5. The second-order valence-corrected chi connectivity index (χ2v) is 6.08. The molecule has 1 fully saturated rings. The van der Waals surface area contributed by atoms with E-state index < -0.39 is 0 Å². The minimum absolute atomic E-state index is 0.152. The lowest BCUT2D eigenvalue weighted by Crippen LogP contribution is -2.24. The number of hydrogen-bond acceptors (Lipinski definition) is 3. The fourth-order valence-corrected chi connectivity index (χ4v) is 3.28. The van der Waals surface area contributed by atoms with Gasteiger partial charge in [-0.3, -0.25) is 9.48 Å². The van der Waals surface area contributed by atoms with E-state index >= 15 is 0 Å². The van der Waals surface area contributed by atoms with E-state index in [1.54, 1.807) is 17.3 Å². The second kappa shape index (κ2) is 5.96. The third-order valence-corrected chi connectivity index (χ3v) is 4.55. The highest BCUT2D eigenvalue weighted by atomic mass is 16.2. The first-order valence-corrected chi connectivity index (χ1v) is 8.07. The third kappa shape index (κ3) is 2.50. The topological polar surface area (TPSA) is 56.0 Å². The number of carbonyl (C=O) groups excluding carboxylic acids is 1. The van der Waals surface area contributed by atoms with Crippen molar-refractivity contribution in [2.75, 3.05) is 13.6 Å². The van der Waals surface area contributed by atoms with Gasteiger partial charge in [-0.1, -0.05) is 24.3 Å². The Morgan fingerprint density at radius 1 is 1.17 bits per heavy atom. The van der Waals surface area contributed by atoms with Crippen molar-refractivity contribution in [2.45, 2.75) is 19.0 Å². The van der Waals surface area contributed by atoms with Crippen LogP contribution in [0.5, 0.6) is 0 Å². The molecule has 0 saturated carbocycles. The van der Waals surface area contributed by atoms with Gasteiger partial charge in [0.15, 0.2) is 0 Å². The molecule has 1 aliphatic rings. The summed E-state index contributed by atoms with van der Waals surface area (Å²) >= 11 is 0. The molecule has 4 rings (SSSR count). The lowest BCUT2D eigenvalue weighted by molar-refractivity contribution is -0.129. The molecule has 1 aliphatic heterocycles. The van der Waals surface area contributed by atoms with Crippen LogP contribution in [0.3, 0.4) is 0 Å². The van der Waals surface area contributed by atoms with Gasteiger partial charge in [0.1, 0.15) is 11.9 Å². The second-order valence-electron chi connectivity index (χ2n) is 6.08. The predicted octanol–water partition coefficient (Wildman–Crippen LogP) is 2.20. The van der Waals surface area contributed by atoms with E-state index in [1.165, 1.54) is 0 Å². The number of nitrogens with zero attached hydrogens (tertiary/aromatic N) is 5. The van der Waals surface area contributed by atoms with E-state index in [0.29, 0.717) is 6.54 Å². The summed E-state index contributed by atoms with van der Waals surface area (Å²) in [4.78, 5) is 18.7. The van der Waals surface area contributed by atoms with Gasteiger partial charge >= 0.3 is 0 Å². The normalized spacial score (nSPS) is 17.6. The van der Waals surface area contributed by atoms with Crippen LogP contribution in [0, 0.1) is 0 Å². The largest absolute Gasteiger partial charge is 0.344 e. The van der Waals surface area contributed by atoms with Crippen molar-refractivity contribution in [1.29, 1.82) is 0 Å². The van der Waals surface area contributed by atoms with Gasteiger partial charge in [-0.15, -0.1) is 0 Å². The van der Waals surface area contributed by atoms with Crippen LogP contribution >= 0.6 is 0 Å². The van der Waals surface area contributed by atoms with E-state index in [-0.39, 0.29) is 11.9 Å². The summed E-state index contributed by atoms with van der Waals surface area (Å²) in [5.41, 5.74) is 2.17. The number of aromatic nitrogens is 4. The van der Waals surface area contributed by atoms with Crippen molar-refractivity contribution in [3.8, 4) is 11.4 Å². The van der Waals surface area contributed by atoms with Crippen molar-refractivity contribution >= 4 is 5.91 Å². The molecular weight excluding hydrogens is 302 g/mol. The maximum absolute atomic E-state index is 12.4. The standard InChI is InChI=1S/C18H19N5O/c1-21-11-7-16(18(21)24)23-12-9-19-17(23)15-6-3-2-5-14(15)13-22-10-4-8-20-22/h2-6,8-10,12,16H,7,11,13H2,1H3. The zero-order valence-corrected chi connectivity index (χ0v) is 13.5. The van der Waals surface area contributed by atoms with Crippen molar-refractivity contribution < 1.29 is 4.79 Å². The van der Waals surface area contributed by atoms with Gasteiger partial charge in [0, 0.05) is 43.9 Å². The Morgan fingerprint density at radius 3 is 2.79 bits per heavy atom. The number of carbonyl (C=O) groups is 1. The maximum atomic E-state index is 12.4. The fraction of sp³-hybridized carbons (Fsp3) is 0.278. The summed E-state index contributed by atoms with van der Waals surface area (Å²) < 4.78 is 3.90.